The van der Waals surface area contributed by atoms with Gasteiger partial charge in [0.2, 0.25) is 23.7 Å². The smallest absolute Gasteiger partial charge is 0.258 e. The Morgan fingerprint density at radius 2 is 1.97 bits per heavy atom. The molecule has 1 aromatic carbocycles. The quantitative estimate of drug-likeness (QED) is 0.505. The summed E-state index contributed by atoms with van der Waals surface area (Å²) in [5, 5.41) is 5.38. The van der Waals surface area contributed by atoms with Crippen LogP contribution in [0.1, 0.15) is 37.7 Å². The molecule has 0 radical (unpaired) electrons. The maximum atomic E-state index is 13.1. The number of nitrogens with one attached hydrogen (secondary N) is 3. The molecule has 5 N–H and O–H groups in total. The fourth-order valence-electron chi connectivity index (χ4n) is 4.18. The van der Waals surface area contributed by atoms with Gasteiger partial charge in [0.05, 0.1) is 23.8 Å². The highest BCUT2D eigenvalue weighted by Gasteiger charge is 2.36. The molecule has 11 heteroatoms. The van der Waals surface area contributed by atoms with Crippen molar-refractivity contribution in [1.29, 1.82) is 0 Å². The Morgan fingerprint density at radius 1 is 1.24 bits per heavy atom. The number of ether oxygens (including phenoxy) is 1. The maximum Gasteiger partial charge on any atom is 0.258 e. The lowest BCUT2D eigenvalue weighted by atomic mass is 9.92. The minimum Gasteiger partial charge on any atom is -0.492 e. The molecule has 2 aliphatic rings. The van der Waals surface area contributed by atoms with E-state index in [1.807, 2.05) is 11.8 Å². The number of benzene rings is 1. The van der Waals surface area contributed by atoms with Gasteiger partial charge in [0, 0.05) is 25.4 Å². The van der Waals surface area contributed by atoms with Gasteiger partial charge in [-0.15, -0.1) is 0 Å². The van der Waals surface area contributed by atoms with Crippen LogP contribution in [0.15, 0.2) is 29.1 Å². The lowest BCUT2D eigenvalue weighted by Crippen LogP contribution is -2.41. The van der Waals surface area contributed by atoms with Crippen LogP contribution in [0.3, 0.4) is 0 Å². The van der Waals surface area contributed by atoms with E-state index in [4.69, 9.17) is 10.5 Å². The molecule has 4 rings (SSSR count). The Morgan fingerprint density at radius 3 is 2.67 bits per heavy atom. The number of amides is 3. The molecule has 3 amide bonds. The van der Waals surface area contributed by atoms with Crippen LogP contribution in [0, 0.1) is 5.92 Å². The number of aromatic amines is 1. The van der Waals surface area contributed by atoms with Crippen LogP contribution < -0.4 is 31.6 Å². The van der Waals surface area contributed by atoms with Gasteiger partial charge >= 0.3 is 0 Å². The number of hydrogen-bond acceptors (Lipinski definition) is 7. The number of piperidine rings is 1. The Hall–Kier alpha value is -3.89. The van der Waals surface area contributed by atoms with Gasteiger partial charge in [-0.25, -0.2) is 0 Å². The predicted molar refractivity (Wildman–Crippen MR) is 121 cm³/mol. The van der Waals surface area contributed by atoms with Crippen molar-refractivity contribution >= 4 is 35.2 Å². The summed E-state index contributed by atoms with van der Waals surface area (Å²) in [6, 6.07) is 6.95. The van der Waals surface area contributed by atoms with E-state index < -0.39 is 23.3 Å². The molecule has 0 saturated carbocycles. The first-order valence-corrected chi connectivity index (χ1v) is 10.9. The third-order valence-corrected chi connectivity index (χ3v) is 5.90. The minimum absolute atomic E-state index is 0.0697. The minimum atomic E-state index is -1.01. The highest BCUT2D eigenvalue weighted by atomic mass is 16.5. The summed E-state index contributed by atoms with van der Waals surface area (Å²) in [4.78, 5) is 58.8. The van der Waals surface area contributed by atoms with Crippen molar-refractivity contribution in [2.75, 3.05) is 35.2 Å². The molecule has 174 valence electrons. The number of nitrogens with zero attached hydrogens (tertiary/aromatic N) is 2. The summed E-state index contributed by atoms with van der Waals surface area (Å²) in [6.07, 6.45) is 0.920. The molecule has 33 heavy (non-hydrogen) atoms. The molecule has 1 atom stereocenters. The molecule has 3 heterocycles. The number of rotatable bonds is 6. The number of primary amides is 1. The number of carbonyl (C=O) groups is 3. The molecule has 0 spiro atoms. The first-order chi connectivity index (χ1) is 15.9. The average Bonchev–Trinajstić information content (AvgIpc) is 2.79. The largest absolute Gasteiger partial charge is 0.492 e. The van der Waals surface area contributed by atoms with E-state index in [0.717, 1.165) is 0 Å². The summed E-state index contributed by atoms with van der Waals surface area (Å²) in [7, 11) is 0. The molecular weight excluding hydrogens is 428 g/mol. The van der Waals surface area contributed by atoms with Gasteiger partial charge in [0.1, 0.15) is 11.6 Å². The molecule has 1 aromatic heterocycles. The molecular formula is C22H26N6O5. The molecule has 1 fully saturated rings. The van der Waals surface area contributed by atoms with Gasteiger partial charge in [-0.2, -0.15) is 4.98 Å². The predicted octanol–water partition coefficient (Wildman–Crippen LogP) is 0.935. The summed E-state index contributed by atoms with van der Waals surface area (Å²) >= 11 is 0. The number of hydrogen-bond donors (Lipinski definition) is 4. The Kier molecular flexibility index (Phi) is 6.29. The SMILES string of the molecule is CCOc1ccccc1NC(=O)C1CC(=O)Nc2nc(N3CCC(C(N)=O)CC3)[nH]c(=O)c21. The van der Waals surface area contributed by atoms with Gasteiger partial charge in [0.15, 0.2) is 0 Å². The fourth-order valence-corrected chi connectivity index (χ4v) is 4.18. The van der Waals surface area contributed by atoms with Crippen LogP contribution in [0.25, 0.3) is 0 Å². The lowest BCUT2D eigenvalue weighted by Gasteiger charge is -2.32. The molecule has 1 saturated heterocycles. The second-order valence-corrected chi connectivity index (χ2v) is 8.04. The molecule has 2 aromatic rings. The number of fused-ring (bicyclic) bond motifs is 1. The molecule has 0 aliphatic carbocycles. The Bertz CT molecular complexity index is 1140. The molecule has 0 bridgehead atoms. The fraction of sp³-hybridized carbons (Fsp3) is 0.409. The van der Waals surface area contributed by atoms with E-state index in [2.05, 4.69) is 20.6 Å². The molecule has 11 nitrogen and oxygen atoms in total. The van der Waals surface area contributed by atoms with E-state index in [9.17, 15) is 19.2 Å². The zero-order valence-electron chi connectivity index (χ0n) is 18.2. The number of carbonyl (C=O) groups excluding carboxylic acids is 3. The Balaban J connectivity index is 1.59. The third kappa shape index (κ3) is 4.66. The van der Waals surface area contributed by atoms with Crippen molar-refractivity contribution in [3.05, 3.63) is 40.2 Å². The summed E-state index contributed by atoms with van der Waals surface area (Å²) in [6.45, 7) is 3.23. The summed E-state index contributed by atoms with van der Waals surface area (Å²) in [5.41, 5.74) is 5.45. The topological polar surface area (TPSA) is 160 Å². The van der Waals surface area contributed by atoms with Gasteiger partial charge < -0.3 is 26.0 Å². The first kappa shape index (κ1) is 22.3. The normalized spacial score (nSPS) is 18.3. The average molecular weight is 454 g/mol. The number of nitrogens with two attached hydrogens (primary N) is 1. The van der Waals surface area contributed by atoms with Crippen LogP contribution in [-0.2, 0) is 14.4 Å². The Labute approximate surface area is 189 Å². The van der Waals surface area contributed by atoms with Crippen molar-refractivity contribution in [2.45, 2.75) is 32.1 Å². The van der Waals surface area contributed by atoms with Crippen LogP contribution >= 0.6 is 0 Å². The van der Waals surface area contributed by atoms with Crippen molar-refractivity contribution < 1.29 is 19.1 Å². The number of para-hydroxylation sites is 2. The van der Waals surface area contributed by atoms with E-state index in [1.54, 1.807) is 24.3 Å². The molecule has 2 aliphatic heterocycles. The van der Waals surface area contributed by atoms with E-state index in [1.165, 1.54) is 0 Å². The van der Waals surface area contributed by atoms with Gasteiger partial charge in [-0.05, 0) is 31.9 Å². The zero-order chi connectivity index (χ0) is 23.5. The summed E-state index contributed by atoms with van der Waals surface area (Å²) < 4.78 is 5.54. The van der Waals surface area contributed by atoms with E-state index in [0.29, 0.717) is 44.0 Å². The third-order valence-electron chi connectivity index (χ3n) is 5.90. The second kappa shape index (κ2) is 9.31. The van der Waals surface area contributed by atoms with E-state index >= 15 is 0 Å². The highest BCUT2D eigenvalue weighted by Crippen LogP contribution is 2.32. The van der Waals surface area contributed by atoms with Crippen molar-refractivity contribution in [2.24, 2.45) is 11.7 Å². The zero-order valence-corrected chi connectivity index (χ0v) is 18.2. The van der Waals surface area contributed by atoms with Gasteiger partial charge in [-0.3, -0.25) is 24.2 Å². The van der Waals surface area contributed by atoms with Crippen molar-refractivity contribution in [3.63, 3.8) is 0 Å². The second-order valence-electron chi connectivity index (χ2n) is 8.04. The number of H-pyrrole nitrogens is 1. The van der Waals surface area contributed by atoms with Crippen molar-refractivity contribution in [1.82, 2.24) is 9.97 Å². The monoisotopic (exact) mass is 454 g/mol. The van der Waals surface area contributed by atoms with Crippen LogP contribution in [0.2, 0.25) is 0 Å². The number of anilines is 3. The van der Waals surface area contributed by atoms with Gasteiger partial charge in [0.25, 0.3) is 5.56 Å². The van der Waals surface area contributed by atoms with Crippen LogP contribution in [0.5, 0.6) is 5.75 Å². The summed E-state index contributed by atoms with van der Waals surface area (Å²) in [5.74, 6) is -1.61. The highest BCUT2D eigenvalue weighted by molar-refractivity contribution is 6.05. The lowest BCUT2D eigenvalue weighted by molar-refractivity contribution is -0.123. The number of aromatic nitrogens is 2. The van der Waals surface area contributed by atoms with Gasteiger partial charge in [-0.1, -0.05) is 12.1 Å². The standard InChI is InChI=1S/C22H26N6O5/c1-2-33-15-6-4-3-5-14(15)24-20(31)13-11-16(29)25-19-17(13)21(32)27-22(26-19)28-9-7-12(8-10-28)18(23)30/h3-6,12-13H,2,7-11H2,1H3,(H2,23,30)(H,24,31)(H2,25,26,27,29,32). The van der Waals surface area contributed by atoms with E-state index in [-0.39, 0.29) is 35.6 Å². The van der Waals surface area contributed by atoms with Crippen LogP contribution in [0.4, 0.5) is 17.5 Å². The maximum absolute atomic E-state index is 13.1. The van der Waals surface area contributed by atoms with Crippen molar-refractivity contribution in [3.8, 4) is 5.75 Å². The molecule has 1 unspecified atom stereocenters. The van der Waals surface area contributed by atoms with Crippen LogP contribution in [-0.4, -0.2) is 47.4 Å². The first-order valence-electron chi connectivity index (χ1n) is 10.9.